The summed E-state index contributed by atoms with van der Waals surface area (Å²) in [6, 6.07) is 9.95. The van der Waals surface area contributed by atoms with Crippen LogP contribution in [0.1, 0.15) is 40.2 Å². The van der Waals surface area contributed by atoms with Crippen LogP contribution in [0.5, 0.6) is 0 Å². The maximum atomic E-state index is 3.61. The lowest BCUT2D eigenvalue weighted by molar-refractivity contribution is 0.399. The van der Waals surface area contributed by atoms with Gasteiger partial charge in [-0.3, -0.25) is 0 Å². The molecule has 1 N–H and O–H groups in total. The highest BCUT2D eigenvalue weighted by molar-refractivity contribution is 5.59. The van der Waals surface area contributed by atoms with E-state index in [9.17, 15) is 0 Å². The van der Waals surface area contributed by atoms with Gasteiger partial charge in [-0.15, -0.1) is 0 Å². The summed E-state index contributed by atoms with van der Waals surface area (Å²) in [5.74, 6) is 0. The van der Waals surface area contributed by atoms with Crippen LogP contribution in [0.3, 0.4) is 0 Å². The van der Waals surface area contributed by atoms with E-state index in [1.807, 2.05) is 0 Å². The Morgan fingerprint density at radius 1 is 1.33 bits per heavy atom. The molecule has 2 heteroatoms. The SMILES string of the molecule is CC(CNC(C)(C)C)N1c2ccccc2CC1C. The van der Waals surface area contributed by atoms with Gasteiger partial charge in [0.2, 0.25) is 0 Å². The van der Waals surface area contributed by atoms with E-state index in [0.717, 1.165) is 6.54 Å². The van der Waals surface area contributed by atoms with Crippen molar-refractivity contribution in [3.05, 3.63) is 29.8 Å². The second-order valence-electron chi connectivity index (χ2n) is 6.57. The minimum absolute atomic E-state index is 0.191. The Morgan fingerprint density at radius 3 is 2.67 bits per heavy atom. The van der Waals surface area contributed by atoms with Crippen molar-refractivity contribution in [3.8, 4) is 0 Å². The first-order chi connectivity index (χ1) is 8.38. The van der Waals surface area contributed by atoms with Gasteiger partial charge in [-0.25, -0.2) is 0 Å². The van der Waals surface area contributed by atoms with E-state index >= 15 is 0 Å². The summed E-state index contributed by atoms with van der Waals surface area (Å²) < 4.78 is 0. The van der Waals surface area contributed by atoms with Crippen molar-refractivity contribution in [1.29, 1.82) is 0 Å². The van der Waals surface area contributed by atoms with Gasteiger partial charge in [-0.1, -0.05) is 18.2 Å². The average molecular weight is 246 g/mol. The fourth-order valence-corrected chi connectivity index (χ4v) is 2.81. The zero-order valence-electron chi connectivity index (χ0n) is 12.3. The Hall–Kier alpha value is -1.02. The second kappa shape index (κ2) is 4.93. The largest absolute Gasteiger partial charge is 0.364 e. The minimum atomic E-state index is 0.191. The van der Waals surface area contributed by atoms with Gasteiger partial charge >= 0.3 is 0 Å². The smallest absolute Gasteiger partial charge is 0.0404 e. The summed E-state index contributed by atoms with van der Waals surface area (Å²) in [4.78, 5) is 2.56. The van der Waals surface area contributed by atoms with Crippen molar-refractivity contribution in [3.63, 3.8) is 0 Å². The number of para-hydroxylation sites is 1. The molecular formula is C16H26N2. The third kappa shape index (κ3) is 2.86. The van der Waals surface area contributed by atoms with E-state index in [1.54, 1.807) is 0 Å². The minimum Gasteiger partial charge on any atom is -0.364 e. The average Bonchev–Trinajstić information content (AvgIpc) is 2.61. The number of benzene rings is 1. The summed E-state index contributed by atoms with van der Waals surface area (Å²) in [5.41, 5.74) is 3.11. The molecule has 1 aromatic rings. The highest BCUT2D eigenvalue weighted by atomic mass is 15.2. The highest BCUT2D eigenvalue weighted by Crippen LogP contribution is 2.33. The lowest BCUT2D eigenvalue weighted by atomic mass is 10.1. The second-order valence-corrected chi connectivity index (χ2v) is 6.57. The van der Waals surface area contributed by atoms with Crippen LogP contribution < -0.4 is 10.2 Å². The number of hydrogen-bond donors (Lipinski definition) is 1. The number of anilines is 1. The molecule has 1 heterocycles. The fraction of sp³-hybridized carbons (Fsp3) is 0.625. The normalized spacial score (nSPS) is 20.9. The monoisotopic (exact) mass is 246 g/mol. The van der Waals surface area contributed by atoms with Crippen molar-refractivity contribution in [2.24, 2.45) is 0 Å². The number of fused-ring (bicyclic) bond motifs is 1. The first-order valence-electron chi connectivity index (χ1n) is 7.00. The number of nitrogens with zero attached hydrogens (tertiary/aromatic N) is 1. The van der Waals surface area contributed by atoms with E-state index in [0.29, 0.717) is 12.1 Å². The molecule has 0 aromatic heterocycles. The Morgan fingerprint density at radius 2 is 2.00 bits per heavy atom. The summed E-state index contributed by atoms with van der Waals surface area (Å²) >= 11 is 0. The summed E-state index contributed by atoms with van der Waals surface area (Å²) in [6.45, 7) is 12.3. The summed E-state index contributed by atoms with van der Waals surface area (Å²) in [6.07, 6.45) is 1.18. The maximum Gasteiger partial charge on any atom is 0.0404 e. The molecule has 2 unspecified atom stereocenters. The summed E-state index contributed by atoms with van der Waals surface area (Å²) in [5, 5.41) is 3.61. The molecular weight excluding hydrogens is 220 g/mol. The molecule has 2 atom stereocenters. The first kappa shape index (κ1) is 13.4. The molecule has 0 bridgehead atoms. The van der Waals surface area contributed by atoms with Gasteiger partial charge in [0.1, 0.15) is 0 Å². The van der Waals surface area contributed by atoms with Crippen LogP contribution >= 0.6 is 0 Å². The van der Waals surface area contributed by atoms with Crippen molar-refractivity contribution >= 4 is 5.69 Å². The Bertz CT molecular complexity index is 406. The predicted octanol–water partition coefficient (Wildman–Crippen LogP) is 3.21. The molecule has 0 amide bonds. The molecule has 2 nitrogen and oxygen atoms in total. The van der Waals surface area contributed by atoms with Gasteiger partial charge in [-0.05, 0) is 52.7 Å². The van der Waals surface area contributed by atoms with E-state index in [2.05, 4.69) is 69.1 Å². The van der Waals surface area contributed by atoms with Crippen molar-refractivity contribution in [2.75, 3.05) is 11.4 Å². The zero-order valence-corrected chi connectivity index (χ0v) is 12.3. The lowest BCUT2D eigenvalue weighted by Crippen LogP contribution is -2.48. The van der Waals surface area contributed by atoms with Gasteiger partial charge in [0.05, 0.1) is 0 Å². The third-order valence-electron chi connectivity index (χ3n) is 3.66. The molecule has 0 spiro atoms. The Balaban J connectivity index is 2.09. The van der Waals surface area contributed by atoms with Crippen LogP contribution in [0.2, 0.25) is 0 Å². The van der Waals surface area contributed by atoms with E-state index < -0.39 is 0 Å². The number of rotatable bonds is 3. The van der Waals surface area contributed by atoms with Crippen molar-refractivity contribution in [2.45, 2.75) is 58.7 Å². The van der Waals surface area contributed by atoms with Gasteiger partial charge < -0.3 is 10.2 Å². The van der Waals surface area contributed by atoms with Gasteiger partial charge in [0.25, 0.3) is 0 Å². The van der Waals surface area contributed by atoms with E-state index in [-0.39, 0.29) is 5.54 Å². The number of nitrogens with one attached hydrogen (secondary N) is 1. The summed E-state index contributed by atoms with van der Waals surface area (Å²) in [7, 11) is 0. The Labute approximate surface area is 111 Å². The topological polar surface area (TPSA) is 15.3 Å². The molecule has 2 rings (SSSR count). The van der Waals surface area contributed by atoms with Crippen LogP contribution in [0.25, 0.3) is 0 Å². The quantitative estimate of drug-likeness (QED) is 0.881. The number of hydrogen-bond acceptors (Lipinski definition) is 2. The molecule has 0 radical (unpaired) electrons. The Kier molecular flexibility index (Phi) is 3.67. The molecule has 0 aliphatic carbocycles. The van der Waals surface area contributed by atoms with Crippen LogP contribution in [0.4, 0.5) is 5.69 Å². The fourth-order valence-electron chi connectivity index (χ4n) is 2.81. The zero-order chi connectivity index (χ0) is 13.3. The maximum absolute atomic E-state index is 3.61. The third-order valence-corrected chi connectivity index (χ3v) is 3.66. The van der Waals surface area contributed by atoms with Crippen molar-refractivity contribution < 1.29 is 0 Å². The molecule has 0 fully saturated rings. The molecule has 18 heavy (non-hydrogen) atoms. The molecule has 1 aliphatic heterocycles. The lowest BCUT2D eigenvalue weighted by Gasteiger charge is -2.34. The van der Waals surface area contributed by atoms with Gasteiger partial charge in [0, 0.05) is 29.9 Å². The van der Waals surface area contributed by atoms with Crippen LogP contribution in [-0.4, -0.2) is 24.2 Å². The first-order valence-corrected chi connectivity index (χ1v) is 7.00. The van der Waals surface area contributed by atoms with Gasteiger partial charge in [0.15, 0.2) is 0 Å². The molecule has 0 saturated heterocycles. The van der Waals surface area contributed by atoms with Crippen molar-refractivity contribution in [1.82, 2.24) is 5.32 Å². The predicted molar refractivity (Wildman–Crippen MR) is 79.3 cm³/mol. The molecule has 0 saturated carbocycles. The van der Waals surface area contributed by atoms with Crippen LogP contribution in [-0.2, 0) is 6.42 Å². The standard InChI is InChI=1S/C16H26N2/c1-12-10-14-8-6-7-9-15(14)18(12)13(2)11-17-16(3,4)5/h6-9,12-13,17H,10-11H2,1-5H3. The van der Waals surface area contributed by atoms with E-state index in [4.69, 9.17) is 0 Å². The highest BCUT2D eigenvalue weighted by Gasteiger charge is 2.29. The van der Waals surface area contributed by atoms with Crippen LogP contribution in [0.15, 0.2) is 24.3 Å². The molecule has 1 aliphatic rings. The molecule has 1 aromatic carbocycles. The van der Waals surface area contributed by atoms with Crippen LogP contribution in [0, 0.1) is 0 Å². The van der Waals surface area contributed by atoms with E-state index in [1.165, 1.54) is 17.7 Å². The van der Waals surface area contributed by atoms with Gasteiger partial charge in [-0.2, -0.15) is 0 Å². The molecule has 100 valence electrons.